The van der Waals surface area contributed by atoms with E-state index in [-0.39, 0.29) is 5.41 Å². The first-order chi connectivity index (χ1) is 24.0. The number of anilines is 3. The van der Waals surface area contributed by atoms with Crippen LogP contribution < -0.4 is 14.4 Å². The maximum atomic E-state index is 6.53. The molecule has 0 fully saturated rings. The maximum Gasteiger partial charge on any atom is 0.171 e. The molecule has 1 heterocycles. The van der Waals surface area contributed by atoms with E-state index >= 15 is 0 Å². The smallest absolute Gasteiger partial charge is 0.171 e. The topological polar surface area (TPSA) is 47.5 Å². The second kappa shape index (κ2) is 12.5. The van der Waals surface area contributed by atoms with Crippen LogP contribution in [0.4, 0.5) is 17.1 Å². The van der Waals surface area contributed by atoms with Gasteiger partial charge in [0.2, 0.25) is 0 Å². The summed E-state index contributed by atoms with van der Waals surface area (Å²) in [6.07, 6.45) is 0. The molecule has 6 aromatic carbocycles. The van der Waals surface area contributed by atoms with Gasteiger partial charge in [0.05, 0.1) is 36.1 Å². The van der Waals surface area contributed by atoms with Crippen LogP contribution in [-0.4, -0.2) is 22.0 Å². The third-order valence-corrected chi connectivity index (χ3v) is 10.0. The highest BCUT2D eigenvalue weighted by Gasteiger charge is 2.36. The van der Waals surface area contributed by atoms with E-state index in [0.717, 1.165) is 50.3 Å². The molecular formula is C43H37N3O2S. The summed E-state index contributed by atoms with van der Waals surface area (Å²) >= 11 is 1.22. The van der Waals surface area contributed by atoms with Crippen molar-refractivity contribution >= 4 is 39.8 Å². The first-order valence-corrected chi connectivity index (χ1v) is 17.6. The molecule has 7 aromatic rings. The van der Waals surface area contributed by atoms with Crippen molar-refractivity contribution in [3.8, 4) is 44.9 Å². The summed E-state index contributed by atoms with van der Waals surface area (Å²) in [7, 11) is 0. The van der Waals surface area contributed by atoms with Crippen LogP contribution in [0.15, 0.2) is 127 Å². The standard InChI is InChI=1S/C43H37N3O2S/c1-5-47-41-37(28-21-24-32(25-22-28)46(30-15-9-7-10-16-30)31-17-11-8-12-18-31)39-40(45-49-44-39)38(42(41)48-6-2)29-23-26-34-33-19-13-14-20-35(33)43(3,4)36(34)27-29/h7-27H,5-6H2,1-4H3. The van der Waals surface area contributed by atoms with E-state index < -0.39 is 0 Å². The number of nitrogens with zero attached hydrogens (tertiary/aromatic N) is 3. The fraction of sp³-hybridized carbons (Fsp3) is 0.163. The first-order valence-electron chi connectivity index (χ1n) is 16.8. The van der Waals surface area contributed by atoms with Crippen LogP contribution in [0.5, 0.6) is 11.5 Å². The quantitative estimate of drug-likeness (QED) is 0.154. The lowest BCUT2D eigenvalue weighted by atomic mass is 9.81. The molecule has 6 heteroatoms. The van der Waals surface area contributed by atoms with Gasteiger partial charge in [-0.3, -0.25) is 0 Å². The number of para-hydroxylation sites is 2. The SMILES string of the molecule is CCOc1c(OCC)c(-c2ccc3c(c2)C(C)(C)c2ccccc2-3)c2nsnc2c1-c1ccc(N(c2ccccc2)c2ccccc2)cc1. The highest BCUT2D eigenvalue weighted by atomic mass is 32.1. The molecule has 8 rings (SSSR count). The molecule has 0 radical (unpaired) electrons. The fourth-order valence-electron chi connectivity index (χ4n) is 7.30. The zero-order valence-corrected chi connectivity index (χ0v) is 28.9. The highest BCUT2D eigenvalue weighted by Crippen LogP contribution is 2.54. The predicted octanol–water partition coefficient (Wildman–Crippen LogP) is 11.6. The van der Waals surface area contributed by atoms with E-state index in [1.807, 2.05) is 26.0 Å². The Bertz CT molecular complexity index is 2240. The number of ether oxygens (including phenoxy) is 2. The summed E-state index contributed by atoms with van der Waals surface area (Å²) in [6, 6.07) is 45.0. The number of hydrogen-bond acceptors (Lipinski definition) is 6. The van der Waals surface area contributed by atoms with Gasteiger partial charge in [0, 0.05) is 22.5 Å². The molecule has 0 saturated carbocycles. The van der Waals surface area contributed by atoms with Crippen molar-refractivity contribution in [3.63, 3.8) is 0 Å². The molecule has 0 bridgehead atoms. The number of hydrogen-bond donors (Lipinski definition) is 0. The van der Waals surface area contributed by atoms with Crippen LogP contribution in [0, 0.1) is 0 Å². The van der Waals surface area contributed by atoms with Gasteiger partial charge >= 0.3 is 0 Å². The van der Waals surface area contributed by atoms with E-state index in [9.17, 15) is 0 Å². The zero-order chi connectivity index (χ0) is 33.5. The Morgan fingerprint density at radius 1 is 0.551 bits per heavy atom. The van der Waals surface area contributed by atoms with Crippen LogP contribution in [0.3, 0.4) is 0 Å². The molecule has 49 heavy (non-hydrogen) atoms. The lowest BCUT2D eigenvalue weighted by Crippen LogP contribution is -2.15. The summed E-state index contributed by atoms with van der Waals surface area (Å²) in [5, 5.41) is 0. The zero-order valence-electron chi connectivity index (χ0n) is 28.1. The maximum absolute atomic E-state index is 6.53. The fourth-order valence-corrected chi connectivity index (χ4v) is 7.86. The Kier molecular flexibility index (Phi) is 7.89. The molecule has 0 saturated heterocycles. The summed E-state index contributed by atoms with van der Waals surface area (Å²) in [6.45, 7) is 9.61. The molecular weight excluding hydrogens is 623 g/mol. The third kappa shape index (κ3) is 5.15. The minimum atomic E-state index is -0.134. The number of benzene rings is 6. The molecule has 242 valence electrons. The first kappa shape index (κ1) is 30.8. The van der Waals surface area contributed by atoms with Gasteiger partial charge in [-0.2, -0.15) is 8.75 Å². The second-order valence-electron chi connectivity index (χ2n) is 12.7. The van der Waals surface area contributed by atoms with Gasteiger partial charge in [-0.1, -0.05) is 98.8 Å². The molecule has 0 aliphatic heterocycles. The lowest BCUT2D eigenvalue weighted by molar-refractivity contribution is 0.290. The van der Waals surface area contributed by atoms with Crippen LogP contribution >= 0.6 is 11.7 Å². The van der Waals surface area contributed by atoms with Crippen molar-refractivity contribution in [2.45, 2.75) is 33.1 Å². The van der Waals surface area contributed by atoms with E-state index in [0.29, 0.717) is 24.7 Å². The van der Waals surface area contributed by atoms with Gasteiger partial charge in [0.15, 0.2) is 11.5 Å². The molecule has 1 aliphatic rings. The lowest BCUT2D eigenvalue weighted by Gasteiger charge is -2.26. The minimum absolute atomic E-state index is 0.134. The van der Waals surface area contributed by atoms with Crippen LogP contribution in [-0.2, 0) is 5.41 Å². The second-order valence-corrected chi connectivity index (χ2v) is 13.2. The summed E-state index contributed by atoms with van der Waals surface area (Å²) < 4.78 is 22.8. The Morgan fingerprint density at radius 2 is 1.04 bits per heavy atom. The molecule has 0 atom stereocenters. The summed E-state index contributed by atoms with van der Waals surface area (Å²) in [4.78, 5) is 2.26. The molecule has 0 N–H and O–H groups in total. The summed E-state index contributed by atoms with van der Waals surface area (Å²) in [5.41, 5.74) is 13.8. The van der Waals surface area contributed by atoms with E-state index in [1.54, 1.807) is 0 Å². The van der Waals surface area contributed by atoms with Crippen LogP contribution in [0.1, 0.15) is 38.8 Å². The predicted molar refractivity (Wildman–Crippen MR) is 203 cm³/mol. The number of rotatable bonds is 9. The molecule has 0 amide bonds. The number of aromatic nitrogens is 2. The number of fused-ring (bicyclic) bond motifs is 4. The van der Waals surface area contributed by atoms with Crippen molar-refractivity contribution < 1.29 is 9.47 Å². The van der Waals surface area contributed by atoms with Gasteiger partial charge in [-0.05, 0) is 89.7 Å². The molecule has 0 spiro atoms. The Hall–Kier alpha value is -5.46. The van der Waals surface area contributed by atoms with Gasteiger partial charge in [-0.25, -0.2) is 0 Å². The van der Waals surface area contributed by atoms with E-state index in [4.69, 9.17) is 18.2 Å². The Balaban J connectivity index is 1.29. The minimum Gasteiger partial charge on any atom is -0.489 e. The van der Waals surface area contributed by atoms with E-state index in [1.165, 1.54) is 34.0 Å². The Morgan fingerprint density at radius 3 is 1.63 bits per heavy atom. The summed E-state index contributed by atoms with van der Waals surface area (Å²) in [5.74, 6) is 1.39. The highest BCUT2D eigenvalue weighted by molar-refractivity contribution is 7.00. The molecule has 5 nitrogen and oxygen atoms in total. The van der Waals surface area contributed by atoms with Crippen molar-refractivity contribution in [2.24, 2.45) is 0 Å². The van der Waals surface area contributed by atoms with Crippen LogP contribution in [0.2, 0.25) is 0 Å². The largest absolute Gasteiger partial charge is 0.489 e. The van der Waals surface area contributed by atoms with Crippen molar-refractivity contribution in [1.29, 1.82) is 0 Å². The molecule has 0 unspecified atom stereocenters. The van der Waals surface area contributed by atoms with Crippen molar-refractivity contribution in [3.05, 3.63) is 139 Å². The third-order valence-electron chi connectivity index (χ3n) is 9.51. The van der Waals surface area contributed by atoms with Gasteiger partial charge in [0.25, 0.3) is 0 Å². The van der Waals surface area contributed by atoms with Gasteiger partial charge in [0.1, 0.15) is 11.0 Å². The molecule has 1 aliphatic carbocycles. The van der Waals surface area contributed by atoms with Crippen LogP contribution in [0.25, 0.3) is 44.4 Å². The normalized spacial score (nSPS) is 12.8. The monoisotopic (exact) mass is 659 g/mol. The molecule has 1 aromatic heterocycles. The van der Waals surface area contributed by atoms with Crippen molar-refractivity contribution in [2.75, 3.05) is 18.1 Å². The van der Waals surface area contributed by atoms with E-state index in [2.05, 4.69) is 134 Å². The average molecular weight is 660 g/mol. The van der Waals surface area contributed by atoms with Gasteiger partial charge in [-0.15, -0.1) is 0 Å². The Labute approximate surface area is 291 Å². The van der Waals surface area contributed by atoms with Crippen molar-refractivity contribution in [1.82, 2.24) is 8.75 Å². The van der Waals surface area contributed by atoms with Gasteiger partial charge < -0.3 is 14.4 Å². The average Bonchev–Trinajstić information content (AvgIpc) is 3.70.